The van der Waals surface area contributed by atoms with Crippen LogP contribution in [0.3, 0.4) is 0 Å². The Morgan fingerprint density at radius 1 is 0.952 bits per heavy atom. The van der Waals surface area contributed by atoms with Crippen LogP contribution in [0.4, 0.5) is 0 Å². The maximum Gasteiger partial charge on any atom is 0.333 e. The van der Waals surface area contributed by atoms with Crippen LogP contribution in [0, 0.1) is 0 Å². The highest BCUT2D eigenvalue weighted by atomic mass is 16.5. The summed E-state index contributed by atoms with van der Waals surface area (Å²) in [7, 11) is 4.68. The van der Waals surface area contributed by atoms with E-state index in [1.165, 1.54) is 51.6 Å². The molecule has 0 N–H and O–H groups in total. The Bertz CT molecular complexity index is 298. The molecule has 0 radical (unpaired) electrons. The lowest BCUT2D eigenvalue weighted by molar-refractivity contribution is -0.890. The molecule has 0 bridgehead atoms. The number of carbonyl (C=O) groups excluding carboxylic acids is 1. The second-order valence-corrected chi connectivity index (χ2v) is 6.77. The average Bonchev–Trinajstić information content (AvgIpc) is 2.43. The van der Waals surface area contributed by atoms with Gasteiger partial charge in [0.15, 0.2) is 0 Å². The lowest BCUT2D eigenvalue weighted by Crippen LogP contribution is -2.41. The normalized spacial score (nSPS) is 11.4. The lowest BCUT2D eigenvalue weighted by Gasteiger charge is -2.29. The molecule has 3 heteroatoms. The Balaban J connectivity index is 3.37. The van der Waals surface area contributed by atoms with Gasteiger partial charge < -0.3 is 9.22 Å². The highest BCUT2D eigenvalue weighted by Crippen LogP contribution is 2.09. The van der Waals surface area contributed by atoms with Crippen molar-refractivity contribution in [3.63, 3.8) is 0 Å². The summed E-state index contributed by atoms with van der Waals surface area (Å²) in [6, 6.07) is 0. The van der Waals surface area contributed by atoms with Crippen LogP contribution >= 0.6 is 0 Å². The maximum atomic E-state index is 11.2. The quantitative estimate of drug-likeness (QED) is 0.219. The molecule has 0 aliphatic rings. The molecule has 0 heterocycles. The Morgan fingerprint density at radius 3 is 2.05 bits per heavy atom. The van der Waals surface area contributed by atoms with Crippen molar-refractivity contribution in [1.29, 1.82) is 0 Å². The summed E-state index contributed by atoms with van der Waals surface area (Å²) in [5.74, 6) is -0.262. The summed E-state index contributed by atoms with van der Waals surface area (Å²) in [6.45, 7) is 10.6. The van der Waals surface area contributed by atoms with E-state index < -0.39 is 0 Å². The van der Waals surface area contributed by atoms with Crippen molar-refractivity contribution in [2.24, 2.45) is 0 Å². The van der Waals surface area contributed by atoms with Gasteiger partial charge in [-0.25, -0.2) is 4.79 Å². The van der Waals surface area contributed by atoms with E-state index in [-0.39, 0.29) is 5.97 Å². The van der Waals surface area contributed by atoms with Crippen molar-refractivity contribution in [2.75, 3.05) is 33.8 Å². The first-order valence-corrected chi connectivity index (χ1v) is 8.53. The molecule has 0 aliphatic heterocycles. The third-order valence-electron chi connectivity index (χ3n) is 3.86. The molecule has 0 saturated heterocycles. The summed E-state index contributed by atoms with van der Waals surface area (Å²) in [5, 5.41) is 0. The first-order chi connectivity index (χ1) is 9.89. The number of hydrogen-bond acceptors (Lipinski definition) is 2. The smallest absolute Gasteiger partial charge is 0.333 e. The lowest BCUT2D eigenvalue weighted by atomic mass is 10.1. The topological polar surface area (TPSA) is 26.3 Å². The first-order valence-electron chi connectivity index (χ1n) is 8.53. The second-order valence-electron chi connectivity index (χ2n) is 6.77. The van der Waals surface area contributed by atoms with Gasteiger partial charge in [-0.05, 0) is 32.6 Å². The summed E-state index contributed by atoms with van der Waals surface area (Å²) in [6.07, 6.45) is 9.91. The number of hydrogen-bond donors (Lipinski definition) is 0. The van der Waals surface area contributed by atoms with Crippen molar-refractivity contribution in [3.8, 4) is 0 Å². The number of nitrogens with zero attached hydrogens (tertiary/aromatic N) is 1. The van der Waals surface area contributed by atoms with Gasteiger partial charge in [-0.15, -0.1) is 0 Å². The Morgan fingerprint density at radius 2 is 1.48 bits per heavy atom. The van der Waals surface area contributed by atoms with Crippen LogP contribution in [0.15, 0.2) is 12.2 Å². The number of quaternary nitrogens is 1. The van der Waals surface area contributed by atoms with Gasteiger partial charge in [-0.1, -0.05) is 39.2 Å². The van der Waals surface area contributed by atoms with Crippen LogP contribution in [0.2, 0.25) is 0 Å². The number of ether oxygens (including phenoxy) is 1. The fraction of sp³-hybridized carbons (Fsp3) is 0.833. The highest BCUT2D eigenvalue weighted by molar-refractivity contribution is 5.86. The summed E-state index contributed by atoms with van der Waals surface area (Å²) in [5.41, 5.74) is 0.485. The number of unbranched alkanes of at least 4 members (excludes halogenated alkanes) is 6. The Kier molecular flexibility index (Phi) is 11.3. The van der Waals surface area contributed by atoms with Crippen molar-refractivity contribution in [1.82, 2.24) is 0 Å². The van der Waals surface area contributed by atoms with Gasteiger partial charge in [0.25, 0.3) is 0 Å². The minimum atomic E-state index is -0.262. The van der Waals surface area contributed by atoms with E-state index in [1.54, 1.807) is 6.92 Å². The monoisotopic (exact) mass is 298 g/mol. The summed E-state index contributed by atoms with van der Waals surface area (Å²) in [4.78, 5) is 11.2. The molecule has 0 aromatic heterocycles. The van der Waals surface area contributed by atoms with E-state index in [1.807, 2.05) is 0 Å². The molecule has 0 aromatic carbocycles. The fourth-order valence-electron chi connectivity index (χ4n) is 2.34. The van der Waals surface area contributed by atoms with E-state index in [0.29, 0.717) is 12.2 Å². The van der Waals surface area contributed by atoms with Crippen LogP contribution in [0.1, 0.15) is 65.2 Å². The maximum absolute atomic E-state index is 11.2. The molecule has 0 aliphatic carbocycles. The zero-order valence-corrected chi connectivity index (χ0v) is 14.7. The minimum Gasteiger partial charge on any atom is -0.462 e. The van der Waals surface area contributed by atoms with Gasteiger partial charge in [0.05, 0.1) is 33.8 Å². The van der Waals surface area contributed by atoms with E-state index in [0.717, 1.165) is 17.3 Å². The number of carbonyl (C=O) groups is 1. The van der Waals surface area contributed by atoms with Crippen LogP contribution in [0.25, 0.3) is 0 Å². The molecule has 0 atom stereocenters. The Labute approximate surface area is 131 Å². The molecule has 0 saturated carbocycles. The third kappa shape index (κ3) is 12.6. The van der Waals surface area contributed by atoms with Crippen LogP contribution < -0.4 is 0 Å². The van der Waals surface area contributed by atoms with Crippen molar-refractivity contribution in [2.45, 2.75) is 65.2 Å². The molecular formula is C18H36NO2+. The Hall–Kier alpha value is -0.830. The zero-order valence-electron chi connectivity index (χ0n) is 14.7. The van der Waals surface area contributed by atoms with E-state index >= 15 is 0 Å². The molecular weight excluding hydrogens is 262 g/mol. The van der Waals surface area contributed by atoms with Gasteiger partial charge in [0, 0.05) is 5.57 Å². The van der Waals surface area contributed by atoms with Crippen LogP contribution in [0.5, 0.6) is 0 Å². The SMILES string of the molecule is C=C(C)C(=O)OCCCCCCCC[N+](C)(C)CCCC. The molecule has 0 rings (SSSR count). The molecule has 0 fully saturated rings. The largest absolute Gasteiger partial charge is 0.462 e. The number of esters is 1. The van der Waals surface area contributed by atoms with Crippen molar-refractivity contribution < 1.29 is 14.0 Å². The van der Waals surface area contributed by atoms with Gasteiger partial charge >= 0.3 is 5.97 Å². The third-order valence-corrected chi connectivity index (χ3v) is 3.86. The van der Waals surface area contributed by atoms with Crippen molar-refractivity contribution >= 4 is 5.97 Å². The standard InChI is InChI=1S/C18H36NO2/c1-6-7-14-19(4,5)15-12-10-8-9-11-13-16-21-18(20)17(2)3/h2,6-16H2,1,3-5H3/q+1. The molecule has 124 valence electrons. The minimum absolute atomic E-state index is 0.262. The molecule has 3 nitrogen and oxygen atoms in total. The predicted octanol–water partition coefficient (Wildman–Crippen LogP) is 4.32. The second kappa shape index (κ2) is 11.8. The molecule has 0 spiro atoms. The predicted molar refractivity (Wildman–Crippen MR) is 90.2 cm³/mol. The van der Waals surface area contributed by atoms with Gasteiger partial charge in [0.2, 0.25) is 0 Å². The molecule has 0 unspecified atom stereocenters. The van der Waals surface area contributed by atoms with Gasteiger partial charge in [0.1, 0.15) is 0 Å². The molecule has 0 amide bonds. The van der Waals surface area contributed by atoms with E-state index in [2.05, 4.69) is 27.6 Å². The molecule has 21 heavy (non-hydrogen) atoms. The van der Waals surface area contributed by atoms with Crippen molar-refractivity contribution in [3.05, 3.63) is 12.2 Å². The number of rotatable bonds is 13. The summed E-state index contributed by atoms with van der Waals surface area (Å²) >= 11 is 0. The zero-order chi connectivity index (χ0) is 16.1. The first kappa shape index (κ1) is 20.2. The van der Waals surface area contributed by atoms with Crippen LogP contribution in [-0.4, -0.2) is 44.2 Å². The van der Waals surface area contributed by atoms with Gasteiger partial charge in [-0.3, -0.25) is 0 Å². The van der Waals surface area contributed by atoms with E-state index in [4.69, 9.17) is 4.74 Å². The summed E-state index contributed by atoms with van der Waals surface area (Å²) < 4.78 is 6.23. The highest BCUT2D eigenvalue weighted by Gasteiger charge is 2.12. The van der Waals surface area contributed by atoms with E-state index in [9.17, 15) is 4.79 Å². The molecule has 0 aromatic rings. The average molecular weight is 298 g/mol. The van der Waals surface area contributed by atoms with Crippen LogP contribution in [-0.2, 0) is 9.53 Å². The fourth-order valence-corrected chi connectivity index (χ4v) is 2.34. The van der Waals surface area contributed by atoms with Gasteiger partial charge in [-0.2, -0.15) is 0 Å².